The van der Waals surface area contributed by atoms with Gasteiger partial charge in [-0.3, -0.25) is 9.59 Å². The quantitative estimate of drug-likeness (QED) is 0.831. The van der Waals surface area contributed by atoms with Crippen molar-refractivity contribution in [3.8, 4) is 5.75 Å². The number of para-hydroxylation sites is 1. The fourth-order valence-electron chi connectivity index (χ4n) is 2.99. The predicted octanol–water partition coefficient (Wildman–Crippen LogP) is 2.20. The second-order valence-electron chi connectivity index (χ2n) is 6.56. The van der Waals surface area contributed by atoms with Crippen LogP contribution in [0, 0.1) is 0 Å². The van der Waals surface area contributed by atoms with Crippen LogP contribution in [0.15, 0.2) is 60.7 Å². The van der Waals surface area contributed by atoms with Crippen molar-refractivity contribution in [2.45, 2.75) is 18.9 Å². The van der Waals surface area contributed by atoms with Crippen molar-refractivity contribution < 1.29 is 19.1 Å². The highest BCUT2D eigenvalue weighted by atomic mass is 16.6. The first-order chi connectivity index (χ1) is 13.6. The van der Waals surface area contributed by atoms with E-state index < -0.39 is 0 Å². The van der Waals surface area contributed by atoms with Gasteiger partial charge in [0.25, 0.3) is 5.91 Å². The molecule has 1 aliphatic heterocycles. The van der Waals surface area contributed by atoms with Crippen LogP contribution >= 0.6 is 0 Å². The lowest BCUT2D eigenvalue weighted by Crippen LogP contribution is -2.49. The number of hydrogen-bond donors (Lipinski definition) is 2. The predicted molar refractivity (Wildman–Crippen MR) is 104 cm³/mol. The van der Waals surface area contributed by atoms with Crippen LogP contribution < -0.4 is 15.4 Å². The average molecular weight is 381 g/mol. The second-order valence-corrected chi connectivity index (χ2v) is 6.56. The summed E-state index contributed by atoms with van der Waals surface area (Å²) >= 11 is 0. The lowest BCUT2D eigenvalue weighted by Gasteiger charge is -2.31. The number of carbonyl (C=O) groups excluding carboxylic acids is 3. The van der Waals surface area contributed by atoms with Gasteiger partial charge in [0.05, 0.1) is 6.54 Å². The van der Waals surface area contributed by atoms with Crippen molar-refractivity contribution >= 4 is 17.9 Å². The van der Waals surface area contributed by atoms with Crippen LogP contribution in [0.2, 0.25) is 0 Å². The van der Waals surface area contributed by atoms with Gasteiger partial charge in [-0.15, -0.1) is 0 Å². The molecule has 1 aliphatic rings. The lowest BCUT2D eigenvalue weighted by atomic mass is 10.1. The van der Waals surface area contributed by atoms with Gasteiger partial charge in [-0.05, 0) is 37.1 Å². The van der Waals surface area contributed by atoms with Gasteiger partial charge in [0.1, 0.15) is 5.75 Å². The molecule has 3 rings (SSSR count). The summed E-state index contributed by atoms with van der Waals surface area (Å²) in [5.74, 6) is -0.0131. The van der Waals surface area contributed by atoms with Gasteiger partial charge in [-0.25, -0.2) is 4.79 Å². The van der Waals surface area contributed by atoms with Crippen LogP contribution in [-0.2, 0) is 4.79 Å². The smallest absolute Gasteiger partial charge is 0.410 e. The van der Waals surface area contributed by atoms with Gasteiger partial charge in [-0.1, -0.05) is 36.4 Å². The van der Waals surface area contributed by atoms with E-state index in [4.69, 9.17) is 4.74 Å². The van der Waals surface area contributed by atoms with Crippen molar-refractivity contribution in [2.75, 3.05) is 19.6 Å². The summed E-state index contributed by atoms with van der Waals surface area (Å²) in [7, 11) is 0. The van der Waals surface area contributed by atoms with Crippen LogP contribution in [-0.4, -0.2) is 48.5 Å². The molecule has 0 radical (unpaired) electrons. The molecule has 146 valence electrons. The Labute approximate surface area is 163 Å². The molecule has 0 unspecified atom stereocenters. The summed E-state index contributed by atoms with van der Waals surface area (Å²) < 4.78 is 5.33. The Bertz CT molecular complexity index is 803. The molecule has 1 fully saturated rings. The number of piperidine rings is 1. The first kappa shape index (κ1) is 19.4. The van der Waals surface area contributed by atoms with E-state index in [-0.39, 0.29) is 30.5 Å². The molecule has 0 saturated carbocycles. The molecule has 2 aromatic rings. The minimum absolute atomic E-state index is 0.0260. The number of hydrogen-bond acceptors (Lipinski definition) is 4. The Hall–Kier alpha value is -3.35. The highest BCUT2D eigenvalue weighted by Gasteiger charge is 2.25. The molecule has 3 amide bonds. The maximum atomic E-state index is 12.2. The molecule has 0 spiro atoms. The van der Waals surface area contributed by atoms with Crippen LogP contribution in [0.5, 0.6) is 5.75 Å². The highest BCUT2D eigenvalue weighted by Crippen LogP contribution is 2.14. The van der Waals surface area contributed by atoms with Crippen molar-refractivity contribution in [3.05, 3.63) is 66.2 Å². The molecule has 7 nitrogen and oxygen atoms in total. The minimum Gasteiger partial charge on any atom is -0.410 e. The molecule has 0 bridgehead atoms. The van der Waals surface area contributed by atoms with E-state index in [1.54, 1.807) is 53.4 Å². The Kier molecular flexibility index (Phi) is 6.62. The first-order valence-corrected chi connectivity index (χ1v) is 9.26. The number of nitrogens with one attached hydrogen (secondary N) is 2. The molecule has 0 aromatic heterocycles. The van der Waals surface area contributed by atoms with Crippen molar-refractivity contribution in [1.82, 2.24) is 15.5 Å². The van der Waals surface area contributed by atoms with Crippen LogP contribution in [0.4, 0.5) is 4.79 Å². The van der Waals surface area contributed by atoms with Gasteiger partial charge in [0, 0.05) is 24.7 Å². The SMILES string of the molecule is O=C(CNC(=O)c1ccccc1)NC1CCN(C(=O)Oc2ccccc2)CC1. The minimum atomic E-state index is -0.383. The largest absolute Gasteiger partial charge is 0.415 e. The summed E-state index contributed by atoms with van der Waals surface area (Å²) in [6.07, 6.45) is 0.899. The van der Waals surface area contributed by atoms with Gasteiger partial charge in [0.2, 0.25) is 5.91 Å². The number of ether oxygens (including phenoxy) is 1. The number of likely N-dealkylation sites (tertiary alicyclic amines) is 1. The molecule has 7 heteroatoms. The number of nitrogens with zero attached hydrogens (tertiary/aromatic N) is 1. The molecular formula is C21H23N3O4. The average Bonchev–Trinajstić information content (AvgIpc) is 2.74. The third-order valence-electron chi connectivity index (χ3n) is 4.51. The third kappa shape index (κ3) is 5.57. The van der Waals surface area contributed by atoms with Gasteiger partial charge in [-0.2, -0.15) is 0 Å². The van der Waals surface area contributed by atoms with E-state index in [1.165, 1.54) is 0 Å². The lowest BCUT2D eigenvalue weighted by molar-refractivity contribution is -0.121. The fraction of sp³-hybridized carbons (Fsp3) is 0.286. The summed E-state index contributed by atoms with van der Waals surface area (Å²) in [6.45, 7) is 0.934. The molecule has 2 aromatic carbocycles. The Balaban J connectivity index is 1.37. The summed E-state index contributed by atoms with van der Waals surface area (Å²) in [4.78, 5) is 37.8. The summed E-state index contributed by atoms with van der Waals surface area (Å²) in [6, 6.07) is 17.7. The summed E-state index contributed by atoms with van der Waals surface area (Å²) in [5.41, 5.74) is 0.514. The Morgan fingerprint density at radius 1 is 0.929 bits per heavy atom. The fourth-order valence-corrected chi connectivity index (χ4v) is 2.99. The van der Waals surface area contributed by atoms with E-state index in [9.17, 15) is 14.4 Å². The number of benzene rings is 2. The van der Waals surface area contributed by atoms with Gasteiger partial charge >= 0.3 is 6.09 Å². The van der Waals surface area contributed by atoms with E-state index >= 15 is 0 Å². The Morgan fingerprint density at radius 3 is 2.18 bits per heavy atom. The van der Waals surface area contributed by atoms with Crippen molar-refractivity contribution in [3.63, 3.8) is 0 Å². The standard InChI is InChI=1S/C21H23N3O4/c25-19(15-22-20(26)16-7-3-1-4-8-16)23-17-11-13-24(14-12-17)21(27)28-18-9-5-2-6-10-18/h1-10,17H,11-15H2,(H,22,26)(H,23,25). The highest BCUT2D eigenvalue weighted by molar-refractivity contribution is 5.96. The van der Waals surface area contributed by atoms with Crippen molar-refractivity contribution in [2.24, 2.45) is 0 Å². The van der Waals surface area contributed by atoms with E-state index in [2.05, 4.69) is 10.6 Å². The number of carbonyl (C=O) groups is 3. The van der Waals surface area contributed by atoms with Crippen LogP contribution in [0.1, 0.15) is 23.2 Å². The van der Waals surface area contributed by atoms with Crippen LogP contribution in [0.25, 0.3) is 0 Å². The second kappa shape index (κ2) is 9.55. The monoisotopic (exact) mass is 381 g/mol. The maximum Gasteiger partial charge on any atom is 0.415 e. The molecule has 1 saturated heterocycles. The third-order valence-corrected chi connectivity index (χ3v) is 4.51. The molecule has 2 N–H and O–H groups in total. The van der Waals surface area contributed by atoms with Crippen LogP contribution in [0.3, 0.4) is 0 Å². The molecule has 28 heavy (non-hydrogen) atoms. The van der Waals surface area contributed by atoms with E-state index in [0.717, 1.165) is 0 Å². The maximum absolute atomic E-state index is 12.2. The molecule has 1 heterocycles. The number of rotatable bonds is 5. The zero-order valence-corrected chi connectivity index (χ0v) is 15.5. The molecule has 0 aliphatic carbocycles. The van der Waals surface area contributed by atoms with E-state index in [1.807, 2.05) is 12.1 Å². The first-order valence-electron chi connectivity index (χ1n) is 9.26. The zero-order chi connectivity index (χ0) is 19.8. The van der Waals surface area contributed by atoms with Gasteiger partial charge in [0.15, 0.2) is 0 Å². The zero-order valence-electron chi connectivity index (χ0n) is 15.5. The Morgan fingerprint density at radius 2 is 1.54 bits per heavy atom. The summed E-state index contributed by atoms with van der Waals surface area (Å²) in [5, 5.41) is 5.51. The molecule has 0 atom stereocenters. The number of amides is 3. The topological polar surface area (TPSA) is 87.7 Å². The normalized spacial score (nSPS) is 14.2. The van der Waals surface area contributed by atoms with E-state index in [0.29, 0.717) is 37.2 Å². The van der Waals surface area contributed by atoms with Gasteiger partial charge < -0.3 is 20.3 Å². The molecular weight excluding hydrogens is 358 g/mol. The van der Waals surface area contributed by atoms with Crippen molar-refractivity contribution in [1.29, 1.82) is 0 Å².